The molecule has 1 N–H and O–H groups in total. The third-order valence-electron chi connectivity index (χ3n) is 2.32. The second-order valence-electron chi connectivity index (χ2n) is 3.35. The van der Waals surface area contributed by atoms with Crippen molar-refractivity contribution < 1.29 is 21.9 Å². The van der Waals surface area contributed by atoms with E-state index in [-0.39, 0.29) is 17.2 Å². The van der Waals surface area contributed by atoms with Crippen LogP contribution in [0.2, 0.25) is 0 Å². The molecule has 0 saturated heterocycles. The van der Waals surface area contributed by atoms with Gasteiger partial charge in [0.15, 0.2) is 11.5 Å². The maximum atomic E-state index is 11.2. The van der Waals surface area contributed by atoms with Crippen LogP contribution in [0.1, 0.15) is 0 Å². The quantitative estimate of drug-likeness (QED) is 0.754. The summed E-state index contributed by atoms with van der Waals surface area (Å²) in [5.41, 5.74) is 0. The van der Waals surface area contributed by atoms with Gasteiger partial charge < -0.3 is 13.5 Å². The first-order valence-corrected chi connectivity index (χ1v) is 5.79. The number of hydrogen-bond donors (Lipinski definition) is 1. The standard InChI is InChI=1S/C10H6O5S/c11-9-8-5-6-3-1-2-4-7(6)10(9)15-16(12,13)14-8/h1-5,11H. The fourth-order valence-corrected chi connectivity index (χ4v) is 2.41. The van der Waals surface area contributed by atoms with Gasteiger partial charge in [-0.25, -0.2) is 0 Å². The fourth-order valence-electron chi connectivity index (χ4n) is 1.66. The van der Waals surface area contributed by atoms with Crippen molar-refractivity contribution in [2.75, 3.05) is 0 Å². The molecule has 0 aliphatic carbocycles. The van der Waals surface area contributed by atoms with Crippen molar-refractivity contribution >= 4 is 21.2 Å². The third kappa shape index (κ3) is 1.20. The van der Waals surface area contributed by atoms with Crippen LogP contribution in [0.15, 0.2) is 30.3 Å². The van der Waals surface area contributed by atoms with Crippen molar-refractivity contribution in [1.82, 2.24) is 0 Å². The fraction of sp³-hybridized carbons (Fsp3) is 0. The van der Waals surface area contributed by atoms with Crippen molar-refractivity contribution in [1.29, 1.82) is 0 Å². The molecule has 0 aromatic heterocycles. The van der Waals surface area contributed by atoms with Gasteiger partial charge in [0, 0.05) is 5.39 Å². The van der Waals surface area contributed by atoms with Crippen LogP contribution in [0.25, 0.3) is 10.8 Å². The third-order valence-corrected chi connectivity index (χ3v) is 3.07. The number of aromatic hydroxyl groups is 1. The van der Waals surface area contributed by atoms with E-state index in [4.69, 9.17) is 0 Å². The molecule has 0 fully saturated rings. The van der Waals surface area contributed by atoms with E-state index < -0.39 is 10.4 Å². The minimum Gasteiger partial charge on any atom is -0.502 e. The summed E-state index contributed by atoms with van der Waals surface area (Å²) in [5.74, 6) is -0.493. The van der Waals surface area contributed by atoms with Crippen LogP contribution in [0.3, 0.4) is 0 Å². The van der Waals surface area contributed by atoms with Gasteiger partial charge in [0.2, 0.25) is 5.75 Å². The van der Waals surface area contributed by atoms with Crippen molar-refractivity contribution in [2.24, 2.45) is 0 Å². The molecule has 0 radical (unpaired) electrons. The highest BCUT2D eigenvalue weighted by Crippen LogP contribution is 2.46. The number of phenolic OH excluding ortho intramolecular Hbond substituents is 1. The van der Waals surface area contributed by atoms with Crippen molar-refractivity contribution in [3.8, 4) is 17.2 Å². The van der Waals surface area contributed by atoms with E-state index in [1.54, 1.807) is 24.3 Å². The molecule has 82 valence electrons. The Bertz CT molecular complexity index is 690. The van der Waals surface area contributed by atoms with Gasteiger partial charge in [-0.3, -0.25) is 0 Å². The van der Waals surface area contributed by atoms with Crippen LogP contribution >= 0.6 is 0 Å². The molecule has 3 rings (SSSR count). The van der Waals surface area contributed by atoms with E-state index in [2.05, 4.69) is 8.37 Å². The Labute approximate surface area is 91.2 Å². The molecule has 2 aromatic carbocycles. The monoisotopic (exact) mass is 238 g/mol. The van der Waals surface area contributed by atoms with E-state index in [0.29, 0.717) is 5.39 Å². The lowest BCUT2D eigenvalue weighted by atomic mass is 10.1. The van der Waals surface area contributed by atoms with E-state index in [0.717, 1.165) is 5.39 Å². The molecule has 0 spiro atoms. The van der Waals surface area contributed by atoms with Crippen LogP contribution in [0.5, 0.6) is 17.2 Å². The number of rotatable bonds is 0. The molecule has 2 aromatic rings. The lowest BCUT2D eigenvalue weighted by Gasteiger charge is -2.18. The van der Waals surface area contributed by atoms with E-state index in [1.807, 2.05) is 0 Å². The second-order valence-corrected chi connectivity index (χ2v) is 4.50. The number of fused-ring (bicyclic) bond motifs is 4. The van der Waals surface area contributed by atoms with Gasteiger partial charge in [0.05, 0.1) is 0 Å². The van der Waals surface area contributed by atoms with Gasteiger partial charge >= 0.3 is 10.4 Å². The highest BCUT2D eigenvalue weighted by atomic mass is 32.3. The highest BCUT2D eigenvalue weighted by Gasteiger charge is 2.30. The van der Waals surface area contributed by atoms with Gasteiger partial charge in [0.1, 0.15) is 0 Å². The summed E-state index contributed by atoms with van der Waals surface area (Å²) in [6, 6.07) is 8.40. The molecule has 0 saturated carbocycles. The normalized spacial score (nSPS) is 16.5. The van der Waals surface area contributed by atoms with E-state index in [9.17, 15) is 13.5 Å². The topological polar surface area (TPSA) is 72.8 Å². The predicted molar refractivity (Wildman–Crippen MR) is 55.8 cm³/mol. The first kappa shape index (κ1) is 9.29. The first-order chi connectivity index (χ1) is 7.57. The van der Waals surface area contributed by atoms with Crippen LogP contribution < -0.4 is 8.37 Å². The molecule has 0 amide bonds. The Morgan fingerprint density at radius 1 is 1.12 bits per heavy atom. The maximum Gasteiger partial charge on any atom is 0.501 e. The lowest BCUT2D eigenvalue weighted by Crippen LogP contribution is -2.20. The summed E-state index contributed by atoms with van der Waals surface area (Å²) in [5, 5.41) is 10.9. The molecule has 1 aliphatic heterocycles. The molecule has 16 heavy (non-hydrogen) atoms. The summed E-state index contributed by atoms with van der Waals surface area (Å²) in [6.07, 6.45) is 0. The number of hydrogen-bond acceptors (Lipinski definition) is 5. The van der Waals surface area contributed by atoms with Gasteiger partial charge in [-0.1, -0.05) is 24.3 Å². The maximum absolute atomic E-state index is 11.2. The minimum absolute atomic E-state index is 0.0839. The second kappa shape index (κ2) is 2.79. The molecule has 5 nitrogen and oxygen atoms in total. The van der Waals surface area contributed by atoms with Gasteiger partial charge in [0.25, 0.3) is 0 Å². The molecule has 6 heteroatoms. The molecule has 0 unspecified atom stereocenters. The Balaban J connectivity index is 2.46. The number of phenols is 1. The zero-order valence-corrected chi connectivity index (χ0v) is 8.69. The molecule has 0 atom stereocenters. The predicted octanol–water partition coefficient (Wildman–Crippen LogP) is 1.56. The first-order valence-electron chi connectivity index (χ1n) is 4.45. The minimum atomic E-state index is -4.10. The molecule has 1 heterocycles. The van der Waals surface area contributed by atoms with E-state index >= 15 is 0 Å². The lowest BCUT2D eigenvalue weighted by molar-refractivity contribution is 0.340. The SMILES string of the molecule is O=S1(=O)Oc2cc3ccccc3c(c2O)O1. The Hall–Kier alpha value is -1.95. The van der Waals surface area contributed by atoms with Gasteiger partial charge in [-0.15, -0.1) is 8.42 Å². The Kier molecular flexibility index (Phi) is 1.62. The average molecular weight is 238 g/mol. The average Bonchev–Trinajstić information content (AvgIpc) is 2.21. The van der Waals surface area contributed by atoms with Crippen LogP contribution in [-0.2, 0) is 10.4 Å². The van der Waals surface area contributed by atoms with Crippen LogP contribution in [0.4, 0.5) is 0 Å². The summed E-state index contributed by atoms with van der Waals surface area (Å²) < 4.78 is 31.5. The largest absolute Gasteiger partial charge is 0.502 e. The molecular weight excluding hydrogens is 232 g/mol. The summed E-state index contributed by atoms with van der Waals surface area (Å²) in [4.78, 5) is 0. The van der Waals surface area contributed by atoms with Gasteiger partial charge in [-0.05, 0) is 11.5 Å². The summed E-state index contributed by atoms with van der Waals surface area (Å²) in [7, 11) is -4.10. The van der Waals surface area contributed by atoms with E-state index in [1.165, 1.54) is 6.07 Å². The highest BCUT2D eigenvalue weighted by molar-refractivity contribution is 7.82. The summed E-state index contributed by atoms with van der Waals surface area (Å²) >= 11 is 0. The number of benzene rings is 2. The van der Waals surface area contributed by atoms with Crippen molar-refractivity contribution in [3.05, 3.63) is 30.3 Å². The zero-order valence-electron chi connectivity index (χ0n) is 7.88. The Morgan fingerprint density at radius 3 is 2.69 bits per heavy atom. The van der Waals surface area contributed by atoms with Crippen molar-refractivity contribution in [3.63, 3.8) is 0 Å². The smallest absolute Gasteiger partial charge is 0.501 e. The molecule has 1 aliphatic rings. The molecular formula is C10H6O5S. The van der Waals surface area contributed by atoms with Crippen molar-refractivity contribution in [2.45, 2.75) is 0 Å². The molecule has 2 bridgehead atoms. The zero-order chi connectivity index (χ0) is 11.3. The van der Waals surface area contributed by atoms with Gasteiger partial charge in [-0.2, -0.15) is 0 Å². The Morgan fingerprint density at radius 2 is 1.88 bits per heavy atom. The summed E-state index contributed by atoms with van der Waals surface area (Å²) in [6.45, 7) is 0. The van der Waals surface area contributed by atoms with Crippen LogP contribution in [-0.4, -0.2) is 13.5 Å². The van der Waals surface area contributed by atoms with Crippen LogP contribution in [0, 0.1) is 0 Å².